The molecule has 0 aliphatic heterocycles. The summed E-state index contributed by atoms with van der Waals surface area (Å²) < 4.78 is 15.3. The van der Waals surface area contributed by atoms with E-state index < -0.39 is 60.4 Å². The first kappa shape index (κ1) is 28.0. The number of aliphatic hydroxyl groups is 2. The predicted octanol–water partition coefficient (Wildman–Crippen LogP) is 1.33. The quantitative estimate of drug-likeness (QED) is 0.163. The van der Waals surface area contributed by atoms with E-state index >= 15 is 0 Å². The molecule has 202 valence electrons. The maximum atomic E-state index is 12.4. The van der Waals surface area contributed by atoms with Crippen molar-refractivity contribution < 1.29 is 59.2 Å². The zero-order chi connectivity index (χ0) is 28.0. The SMILES string of the molecule is COc1cc(/C=C/C(=O)O[C@@H]2C[C@@](OC(=O)/C=C\c3ccc(O)c(O)c3)(C(=O)O)C[C@@H](O)[C@@H]2O)ccc1O. The maximum absolute atomic E-state index is 12.4. The topological polar surface area (TPSA) is 200 Å². The second-order valence-electron chi connectivity index (χ2n) is 8.51. The first-order valence-corrected chi connectivity index (χ1v) is 11.2. The van der Waals surface area contributed by atoms with Crippen LogP contribution in [-0.2, 0) is 23.9 Å². The van der Waals surface area contributed by atoms with Gasteiger partial charge in [0.15, 0.2) is 23.0 Å². The van der Waals surface area contributed by atoms with Crippen LogP contribution in [0.2, 0.25) is 0 Å². The lowest BCUT2D eigenvalue weighted by atomic mass is 9.79. The summed E-state index contributed by atoms with van der Waals surface area (Å²) >= 11 is 0. The molecule has 0 saturated heterocycles. The Hall–Kier alpha value is -4.55. The van der Waals surface area contributed by atoms with Gasteiger partial charge in [0.1, 0.15) is 12.2 Å². The fourth-order valence-electron chi connectivity index (χ4n) is 3.83. The Kier molecular flexibility index (Phi) is 8.61. The van der Waals surface area contributed by atoms with Crippen molar-refractivity contribution in [2.75, 3.05) is 7.11 Å². The molecule has 2 aromatic carbocycles. The van der Waals surface area contributed by atoms with Crippen LogP contribution in [0, 0.1) is 0 Å². The smallest absolute Gasteiger partial charge is 0.348 e. The van der Waals surface area contributed by atoms with Gasteiger partial charge in [0.25, 0.3) is 0 Å². The molecule has 12 nitrogen and oxygen atoms in total. The third-order valence-corrected chi connectivity index (χ3v) is 5.83. The zero-order valence-corrected chi connectivity index (χ0v) is 20.1. The minimum Gasteiger partial charge on any atom is -0.504 e. The number of aliphatic carboxylic acids is 1. The van der Waals surface area contributed by atoms with Gasteiger partial charge in [-0.05, 0) is 47.5 Å². The van der Waals surface area contributed by atoms with Gasteiger partial charge in [-0.15, -0.1) is 0 Å². The van der Waals surface area contributed by atoms with Gasteiger partial charge in [-0.1, -0.05) is 12.1 Å². The molecule has 0 bridgehead atoms. The molecule has 0 unspecified atom stereocenters. The van der Waals surface area contributed by atoms with Gasteiger partial charge < -0.3 is 44.8 Å². The summed E-state index contributed by atoms with van der Waals surface area (Å²) in [6, 6.07) is 8.00. The molecule has 12 heteroatoms. The molecule has 6 N–H and O–H groups in total. The molecule has 0 heterocycles. The Bertz CT molecular complexity index is 1270. The van der Waals surface area contributed by atoms with E-state index in [0.717, 1.165) is 18.2 Å². The Morgan fingerprint density at radius 1 is 0.868 bits per heavy atom. The van der Waals surface area contributed by atoms with E-state index in [9.17, 15) is 45.0 Å². The van der Waals surface area contributed by atoms with Crippen molar-refractivity contribution in [1.82, 2.24) is 0 Å². The maximum Gasteiger partial charge on any atom is 0.348 e. The lowest BCUT2D eigenvalue weighted by Crippen LogP contribution is -2.58. The summed E-state index contributed by atoms with van der Waals surface area (Å²) in [6.45, 7) is 0. The van der Waals surface area contributed by atoms with Crippen molar-refractivity contribution in [3.63, 3.8) is 0 Å². The molecule has 4 atom stereocenters. The van der Waals surface area contributed by atoms with Crippen molar-refractivity contribution in [3.05, 3.63) is 59.7 Å². The summed E-state index contributed by atoms with van der Waals surface area (Å²) in [7, 11) is 1.35. The second-order valence-corrected chi connectivity index (χ2v) is 8.51. The van der Waals surface area contributed by atoms with E-state index in [1.165, 1.54) is 49.6 Å². The zero-order valence-electron chi connectivity index (χ0n) is 20.1. The number of aliphatic hydroxyl groups excluding tert-OH is 2. The highest BCUT2D eigenvalue weighted by molar-refractivity contribution is 5.91. The van der Waals surface area contributed by atoms with Crippen molar-refractivity contribution in [2.24, 2.45) is 0 Å². The van der Waals surface area contributed by atoms with E-state index in [4.69, 9.17) is 14.2 Å². The number of hydrogen-bond acceptors (Lipinski definition) is 11. The summed E-state index contributed by atoms with van der Waals surface area (Å²) in [4.78, 5) is 36.9. The summed E-state index contributed by atoms with van der Waals surface area (Å²) in [5.41, 5.74) is -1.56. The van der Waals surface area contributed by atoms with Crippen LogP contribution in [-0.4, -0.2) is 79.6 Å². The van der Waals surface area contributed by atoms with E-state index in [0.29, 0.717) is 11.1 Å². The molecule has 1 aliphatic carbocycles. The predicted molar refractivity (Wildman–Crippen MR) is 130 cm³/mol. The average Bonchev–Trinajstić information content (AvgIpc) is 2.87. The summed E-state index contributed by atoms with van der Waals surface area (Å²) in [5.74, 6) is -4.47. The standard InChI is InChI=1S/C26H26O12/c1-36-20-11-15(3-7-17(20)28)4-8-22(31)37-21-13-26(25(34)35,12-19(30)24(21)33)38-23(32)9-5-14-2-6-16(27)18(29)10-14/h2-11,19,21,24,27-30,33H,12-13H2,1H3,(H,34,35)/b8-4+,9-5-/t19-,21-,24+,26-/m1/s1. The molecule has 0 spiro atoms. The molecule has 0 aromatic heterocycles. The van der Waals surface area contributed by atoms with Gasteiger partial charge in [-0.2, -0.15) is 0 Å². The number of carbonyl (C=O) groups is 3. The number of hydrogen-bond donors (Lipinski definition) is 6. The molecule has 1 fully saturated rings. The van der Waals surface area contributed by atoms with Crippen molar-refractivity contribution >= 4 is 30.1 Å². The highest BCUT2D eigenvalue weighted by atomic mass is 16.6. The third-order valence-electron chi connectivity index (χ3n) is 5.83. The highest BCUT2D eigenvalue weighted by Gasteiger charge is 2.54. The van der Waals surface area contributed by atoms with E-state index in [1.807, 2.05) is 0 Å². The van der Waals surface area contributed by atoms with Gasteiger partial charge in [-0.25, -0.2) is 14.4 Å². The number of phenols is 3. The molecule has 2 aromatic rings. The molecule has 1 saturated carbocycles. The van der Waals surface area contributed by atoms with Crippen LogP contribution < -0.4 is 4.74 Å². The van der Waals surface area contributed by atoms with Crippen molar-refractivity contribution in [2.45, 2.75) is 36.8 Å². The van der Waals surface area contributed by atoms with Crippen LogP contribution in [0.15, 0.2) is 48.6 Å². The normalized spacial score (nSPS) is 23.3. The molecule has 38 heavy (non-hydrogen) atoms. The van der Waals surface area contributed by atoms with Crippen LogP contribution >= 0.6 is 0 Å². The molecule has 1 aliphatic rings. The fourth-order valence-corrected chi connectivity index (χ4v) is 3.83. The lowest BCUT2D eigenvalue weighted by molar-refractivity contribution is -0.207. The fraction of sp³-hybridized carbons (Fsp3) is 0.269. The van der Waals surface area contributed by atoms with Crippen LogP contribution in [0.1, 0.15) is 24.0 Å². The largest absolute Gasteiger partial charge is 0.504 e. The molecular weight excluding hydrogens is 504 g/mol. The monoisotopic (exact) mass is 530 g/mol. The minimum absolute atomic E-state index is 0.109. The average molecular weight is 530 g/mol. The number of ether oxygens (including phenoxy) is 3. The Balaban J connectivity index is 1.73. The Labute approximate surface area is 216 Å². The van der Waals surface area contributed by atoms with E-state index in [2.05, 4.69) is 0 Å². The number of esters is 2. The number of benzene rings is 2. The van der Waals surface area contributed by atoms with Gasteiger partial charge in [-0.3, -0.25) is 0 Å². The number of rotatable bonds is 8. The van der Waals surface area contributed by atoms with Crippen LogP contribution in [0.3, 0.4) is 0 Å². The van der Waals surface area contributed by atoms with Gasteiger partial charge >= 0.3 is 17.9 Å². The minimum atomic E-state index is -2.32. The molecule has 0 radical (unpaired) electrons. The molecule has 0 amide bonds. The number of carboxylic acids is 1. The van der Waals surface area contributed by atoms with E-state index in [-0.39, 0.29) is 17.2 Å². The van der Waals surface area contributed by atoms with Crippen molar-refractivity contribution in [1.29, 1.82) is 0 Å². The number of carbonyl (C=O) groups excluding carboxylic acids is 2. The summed E-state index contributed by atoms with van der Waals surface area (Å²) in [5, 5.41) is 59.0. The number of aromatic hydroxyl groups is 3. The Morgan fingerprint density at radius 3 is 2.08 bits per heavy atom. The Morgan fingerprint density at radius 2 is 1.47 bits per heavy atom. The van der Waals surface area contributed by atoms with Crippen LogP contribution in [0.5, 0.6) is 23.0 Å². The van der Waals surface area contributed by atoms with E-state index in [1.54, 1.807) is 0 Å². The van der Waals surface area contributed by atoms with Crippen molar-refractivity contribution in [3.8, 4) is 23.0 Å². The first-order valence-electron chi connectivity index (χ1n) is 11.2. The van der Waals surface area contributed by atoms with Crippen LogP contribution in [0.4, 0.5) is 0 Å². The number of methoxy groups -OCH3 is 1. The van der Waals surface area contributed by atoms with Crippen LogP contribution in [0.25, 0.3) is 12.2 Å². The lowest BCUT2D eigenvalue weighted by Gasteiger charge is -2.41. The first-order chi connectivity index (χ1) is 17.9. The third kappa shape index (κ3) is 6.60. The van der Waals surface area contributed by atoms with Gasteiger partial charge in [0.05, 0.1) is 13.2 Å². The summed E-state index contributed by atoms with van der Waals surface area (Å²) in [6.07, 6.45) is -1.80. The number of phenolic OH excluding ortho intramolecular Hbond substituents is 3. The second kappa shape index (κ2) is 11.7. The highest BCUT2D eigenvalue weighted by Crippen LogP contribution is 2.35. The van der Waals surface area contributed by atoms with Gasteiger partial charge in [0.2, 0.25) is 5.60 Å². The molecule has 3 rings (SSSR count). The van der Waals surface area contributed by atoms with Gasteiger partial charge in [0, 0.05) is 25.0 Å². The number of carboxylic acid groups (broad SMARTS) is 1. The molecular formula is C26H26O12.